The molecule has 0 aliphatic carbocycles. The van der Waals surface area contributed by atoms with Gasteiger partial charge in [-0.2, -0.15) is 0 Å². The topological polar surface area (TPSA) is 106 Å². The number of amides is 3. The fourth-order valence-electron chi connectivity index (χ4n) is 2.04. The molecule has 7 heteroatoms. The third kappa shape index (κ3) is 5.53. The monoisotopic (exact) mass is 307 g/mol. The average Bonchev–Trinajstić information content (AvgIpc) is 2.45. The van der Waals surface area contributed by atoms with Crippen molar-refractivity contribution in [1.29, 1.82) is 0 Å². The number of carbonyl (C=O) groups is 3. The van der Waals surface area contributed by atoms with Crippen LogP contribution in [0.25, 0.3) is 0 Å². The largest absolute Gasteiger partial charge is 0.365 e. The highest BCUT2D eigenvalue weighted by molar-refractivity contribution is 5.92. The van der Waals surface area contributed by atoms with Crippen LogP contribution in [0.3, 0.4) is 0 Å². The van der Waals surface area contributed by atoms with Crippen LogP contribution in [0.2, 0.25) is 0 Å². The molecule has 1 rings (SSSR count). The summed E-state index contributed by atoms with van der Waals surface area (Å²) >= 11 is 0. The van der Waals surface area contributed by atoms with Crippen LogP contribution >= 0.6 is 0 Å². The Morgan fingerprint density at radius 2 is 1.64 bits per heavy atom. The maximum atomic E-state index is 12.0. The zero-order valence-electron chi connectivity index (χ0n) is 13.1. The molecule has 5 N–H and O–H groups in total. The van der Waals surface area contributed by atoms with Gasteiger partial charge in [0.15, 0.2) is 12.6 Å². The second kappa shape index (κ2) is 8.14. The number of hydrogen-bond acceptors (Lipinski definition) is 3. The Morgan fingerprint density at radius 1 is 1.14 bits per heavy atom. The summed E-state index contributed by atoms with van der Waals surface area (Å²) in [6.07, 6.45) is 0. The number of quaternary nitrogens is 1. The minimum absolute atomic E-state index is 0.153. The summed E-state index contributed by atoms with van der Waals surface area (Å²) in [7, 11) is 0. The maximum Gasteiger partial charge on any atom is 0.279 e. The molecule has 0 aliphatic heterocycles. The van der Waals surface area contributed by atoms with Gasteiger partial charge >= 0.3 is 0 Å². The number of carbonyl (C=O) groups excluding carboxylic acids is 3. The first-order valence-corrected chi connectivity index (χ1v) is 7.14. The van der Waals surface area contributed by atoms with E-state index in [2.05, 4.69) is 10.6 Å². The number of benzene rings is 1. The van der Waals surface area contributed by atoms with Gasteiger partial charge in [-0.05, 0) is 38.1 Å². The molecule has 0 saturated heterocycles. The number of rotatable bonds is 7. The standard InChI is InChI=1S/C15H22N4O3/c1-4-19(10(2)15(16)22)9-14(21)18-13-7-5-12(6-8-13)17-11(3)20/h5-8,10H,4,9H2,1-3H3,(H2,16,22)(H,17,20)(H,18,21)/p+1/t10-/m0/s1. The third-order valence-corrected chi connectivity index (χ3v) is 3.37. The summed E-state index contributed by atoms with van der Waals surface area (Å²) < 4.78 is 0. The Bertz CT molecular complexity index is 542. The van der Waals surface area contributed by atoms with E-state index in [1.54, 1.807) is 31.2 Å². The van der Waals surface area contributed by atoms with Crippen molar-refractivity contribution in [3.05, 3.63) is 24.3 Å². The van der Waals surface area contributed by atoms with E-state index >= 15 is 0 Å². The normalized spacial score (nSPS) is 13.0. The van der Waals surface area contributed by atoms with Crippen molar-refractivity contribution in [1.82, 2.24) is 0 Å². The molecular weight excluding hydrogens is 284 g/mol. The number of likely N-dealkylation sites (N-methyl/N-ethyl adjacent to an activating group) is 1. The van der Waals surface area contributed by atoms with Crippen molar-refractivity contribution in [2.45, 2.75) is 26.8 Å². The smallest absolute Gasteiger partial charge is 0.279 e. The quantitative estimate of drug-likeness (QED) is 0.538. The lowest BCUT2D eigenvalue weighted by molar-refractivity contribution is -0.904. The van der Waals surface area contributed by atoms with Crippen LogP contribution in [0.15, 0.2) is 24.3 Å². The lowest BCUT2D eigenvalue weighted by atomic mass is 10.2. The van der Waals surface area contributed by atoms with Crippen LogP contribution in [-0.2, 0) is 14.4 Å². The van der Waals surface area contributed by atoms with Crippen LogP contribution in [0.1, 0.15) is 20.8 Å². The van der Waals surface area contributed by atoms with Crippen molar-refractivity contribution in [3.8, 4) is 0 Å². The molecule has 2 atom stereocenters. The predicted molar refractivity (Wildman–Crippen MR) is 84.4 cm³/mol. The van der Waals surface area contributed by atoms with E-state index in [1.165, 1.54) is 6.92 Å². The van der Waals surface area contributed by atoms with Gasteiger partial charge in [-0.15, -0.1) is 0 Å². The van der Waals surface area contributed by atoms with Gasteiger partial charge in [-0.3, -0.25) is 14.4 Å². The summed E-state index contributed by atoms with van der Waals surface area (Å²) in [5, 5.41) is 5.40. The highest BCUT2D eigenvalue weighted by Crippen LogP contribution is 2.13. The van der Waals surface area contributed by atoms with Crippen LogP contribution in [0.5, 0.6) is 0 Å². The molecule has 0 saturated carbocycles. The zero-order valence-corrected chi connectivity index (χ0v) is 13.1. The summed E-state index contributed by atoms with van der Waals surface area (Å²) in [4.78, 5) is 35.0. The minimum atomic E-state index is -0.427. The van der Waals surface area contributed by atoms with Gasteiger partial charge in [-0.25, -0.2) is 0 Å². The van der Waals surface area contributed by atoms with Gasteiger partial charge in [0.05, 0.1) is 6.54 Å². The number of anilines is 2. The van der Waals surface area contributed by atoms with Crippen LogP contribution in [0.4, 0.5) is 11.4 Å². The molecule has 0 aliphatic rings. The number of nitrogens with one attached hydrogen (secondary N) is 3. The number of nitrogens with two attached hydrogens (primary N) is 1. The molecule has 1 aromatic rings. The minimum Gasteiger partial charge on any atom is -0.365 e. The van der Waals surface area contributed by atoms with E-state index in [9.17, 15) is 14.4 Å². The Morgan fingerprint density at radius 3 is 2.05 bits per heavy atom. The molecular formula is C15H23N4O3+. The summed E-state index contributed by atoms with van der Waals surface area (Å²) in [5.41, 5.74) is 6.56. The first-order chi connectivity index (χ1) is 10.3. The fraction of sp³-hybridized carbons (Fsp3) is 0.400. The second-order valence-corrected chi connectivity index (χ2v) is 5.12. The zero-order chi connectivity index (χ0) is 16.7. The van der Waals surface area contributed by atoms with Crippen LogP contribution < -0.4 is 21.3 Å². The number of primary amides is 1. The van der Waals surface area contributed by atoms with Crippen molar-refractivity contribution >= 4 is 29.1 Å². The third-order valence-electron chi connectivity index (χ3n) is 3.37. The molecule has 120 valence electrons. The Kier molecular flexibility index (Phi) is 6.52. The lowest BCUT2D eigenvalue weighted by Gasteiger charge is -2.21. The fourth-order valence-corrected chi connectivity index (χ4v) is 2.04. The van der Waals surface area contributed by atoms with Crippen molar-refractivity contribution < 1.29 is 19.3 Å². The van der Waals surface area contributed by atoms with E-state index in [0.717, 1.165) is 4.90 Å². The van der Waals surface area contributed by atoms with Gasteiger partial charge < -0.3 is 21.3 Å². The van der Waals surface area contributed by atoms with Crippen LogP contribution in [-0.4, -0.2) is 36.9 Å². The molecule has 22 heavy (non-hydrogen) atoms. The Hall–Kier alpha value is -2.41. The summed E-state index contributed by atoms with van der Waals surface area (Å²) in [5.74, 6) is -0.777. The van der Waals surface area contributed by atoms with Crippen molar-refractivity contribution in [3.63, 3.8) is 0 Å². The lowest BCUT2D eigenvalue weighted by Crippen LogP contribution is -3.17. The predicted octanol–water partition coefficient (Wildman–Crippen LogP) is -0.638. The van der Waals surface area contributed by atoms with Gasteiger partial charge in [0.1, 0.15) is 0 Å². The average molecular weight is 307 g/mol. The molecule has 0 bridgehead atoms. The SMILES string of the molecule is CC[NH+](CC(=O)Nc1ccc(NC(C)=O)cc1)[C@@H](C)C(N)=O. The van der Waals surface area contributed by atoms with E-state index < -0.39 is 11.9 Å². The number of hydrogen-bond donors (Lipinski definition) is 4. The van der Waals surface area contributed by atoms with E-state index in [-0.39, 0.29) is 18.4 Å². The molecule has 1 unspecified atom stereocenters. The van der Waals surface area contributed by atoms with E-state index in [1.807, 2.05) is 6.92 Å². The van der Waals surface area contributed by atoms with E-state index in [4.69, 9.17) is 5.73 Å². The van der Waals surface area contributed by atoms with Crippen molar-refractivity contribution in [2.75, 3.05) is 23.7 Å². The highest BCUT2D eigenvalue weighted by Gasteiger charge is 2.23. The summed E-state index contributed by atoms with van der Waals surface area (Å²) in [6, 6.07) is 6.39. The molecule has 1 aromatic carbocycles. The molecule has 0 heterocycles. The van der Waals surface area contributed by atoms with Gasteiger partial charge in [0.2, 0.25) is 5.91 Å². The molecule has 3 amide bonds. The van der Waals surface area contributed by atoms with Crippen molar-refractivity contribution in [2.24, 2.45) is 5.73 Å². The van der Waals surface area contributed by atoms with E-state index in [0.29, 0.717) is 17.9 Å². The molecule has 0 aromatic heterocycles. The van der Waals surface area contributed by atoms with Gasteiger partial charge in [-0.1, -0.05) is 0 Å². The first-order valence-electron chi connectivity index (χ1n) is 7.14. The van der Waals surface area contributed by atoms with Gasteiger partial charge in [0, 0.05) is 18.3 Å². The Balaban J connectivity index is 2.60. The first kappa shape index (κ1) is 17.6. The second-order valence-electron chi connectivity index (χ2n) is 5.12. The molecule has 0 fully saturated rings. The summed E-state index contributed by atoms with van der Waals surface area (Å²) in [6.45, 7) is 5.81. The Labute approximate surface area is 129 Å². The highest BCUT2D eigenvalue weighted by atomic mass is 16.2. The van der Waals surface area contributed by atoms with Crippen LogP contribution in [0, 0.1) is 0 Å². The maximum absolute atomic E-state index is 12.0. The molecule has 7 nitrogen and oxygen atoms in total. The molecule has 0 spiro atoms. The molecule has 0 radical (unpaired) electrons. The van der Waals surface area contributed by atoms with Gasteiger partial charge in [0.25, 0.3) is 11.8 Å².